The molecule has 0 fully saturated rings. The molecule has 0 radical (unpaired) electrons. The largest absolute Gasteiger partial charge is 4.00 e. The maximum absolute atomic E-state index is 3.72. The molecule has 38 heavy (non-hydrogen) atoms. The zero-order valence-electron chi connectivity index (χ0n) is 22.1. The first-order chi connectivity index (χ1) is 17.6. The van der Waals surface area contributed by atoms with Crippen molar-refractivity contribution in [2.45, 2.75) is 37.4 Å². The van der Waals surface area contributed by atoms with Gasteiger partial charge < -0.3 is 0 Å². The van der Waals surface area contributed by atoms with Crippen LogP contribution in [0.25, 0.3) is 0 Å². The number of halogens is 2. The van der Waals surface area contributed by atoms with Crippen LogP contribution in [0.15, 0.2) is 114 Å². The van der Waals surface area contributed by atoms with Crippen LogP contribution < -0.4 is 0 Å². The van der Waals surface area contributed by atoms with Gasteiger partial charge in [-0.1, -0.05) is 78.6 Å². The summed E-state index contributed by atoms with van der Waals surface area (Å²) in [5.41, 5.74) is 7.92. The first kappa shape index (κ1) is 31.9. The molecule has 192 valence electrons. The topological polar surface area (TPSA) is 0 Å². The van der Waals surface area contributed by atoms with Crippen molar-refractivity contribution in [3.05, 3.63) is 150 Å². The first-order valence-corrected chi connectivity index (χ1v) is 18.4. The summed E-state index contributed by atoms with van der Waals surface area (Å²) in [6.07, 6.45) is 4.74. The third kappa shape index (κ3) is 6.98. The van der Waals surface area contributed by atoms with Crippen LogP contribution in [0.1, 0.15) is 25.0 Å². The number of benzene rings is 2. The molecule has 2 aromatic rings. The Balaban J connectivity index is 0.000000218. The third-order valence-electron chi connectivity index (χ3n) is 6.76. The van der Waals surface area contributed by atoms with Gasteiger partial charge in [-0.3, -0.25) is 23.5 Å². The molecule has 2 atom stereocenters. The van der Waals surface area contributed by atoms with Crippen LogP contribution in [0.4, 0.5) is 0 Å². The van der Waals surface area contributed by atoms with Crippen molar-refractivity contribution < 1.29 is 26.2 Å². The number of rotatable bonds is 2. The summed E-state index contributed by atoms with van der Waals surface area (Å²) >= 11 is 11.0. The Kier molecular flexibility index (Phi) is 11.6. The predicted molar refractivity (Wildman–Crippen MR) is 175 cm³/mol. The van der Waals surface area contributed by atoms with Crippen LogP contribution in [0.5, 0.6) is 0 Å². The van der Waals surface area contributed by atoms with Crippen LogP contribution >= 0.6 is 55.4 Å². The Morgan fingerprint density at radius 2 is 1.03 bits per heavy atom. The standard InChI is InChI=1S/C18H16Br2S2Si.2C7H7.Zr/c1-9-5-11-13(19)7-21-15(11)17(9)23(3,4)18-10(2)6-12-14(20)8-22-16(12)18;2*1-7-5-3-2-4-6-7;/h5-6,15-16H,1-4H3;2*2-6H,1H2;/q-2;2*-1;+4. The maximum Gasteiger partial charge on any atom is 4.00 e. The van der Waals surface area contributed by atoms with E-state index in [0.717, 1.165) is 20.1 Å². The van der Waals surface area contributed by atoms with Gasteiger partial charge in [0.25, 0.3) is 0 Å². The second-order valence-corrected chi connectivity index (χ2v) is 17.6. The van der Waals surface area contributed by atoms with Crippen LogP contribution in [0, 0.1) is 24.7 Å². The van der Waals surface area contributed by atoms with Gasteiger partial charge in [-0.2, -0.15) is 71.2 Å². The van der Waals surface area contributed by atoms with Gasteiger partial charge in [-0.25, -0.2) is 0 Å². The summed E-state index contributed by atoms with van der Waals surface area (Å²) in [6, 6.07) is 19.7. The Hall–Kier alpha value is -0.620. The van der Waals surface area contributed by atoms with Crippen molar-refractivity contribution >= 4 is 63.5 Å². The molecule has 0 saturated carbocycles. The predicted octanol–water partition coefficient (Wildman–Crippen LogP) is 10.3. The average Bonchev–Trinajstić information content (AvgIpc) is 3.58. The van der Waals surface area contributed by atoms with Gasteiger partial charge >= 0.3 is 26.2 Å². The average molecular weight is 758 g/mol. The van der Waals surface area contributed by atoms with Gasteiger partial charge in [0.05, 0.1) is 0 Å². The second-order valence-electron chi connectivity index (χ2n) is 9.82. The van der Waals surface area contributed by atoms with Gasteiger partial charge in [-0.05, 0) is 24.3 Å². The van der Waals surface area contributed by atoms with Gasteiger partial charge in [0.1, 0.15) is 8.07 Å². The van der Waals surface area contributed by atoms with E-state index >= 15 is 0 Å². The fourth-order valence-corrected chi connectivity index (χ4v) is 14.8. The van der Waals surface area contributed by atoms with Crippen molar-refractivity contribution in [1.29, 1.82) is 0 Å². The summed E-state index contributed by atoms with van der Waals surface area (Å²) in [6.45, 7) is 17.1. The Labute approximate surface area is 274 Å². The maximum atomic E-state index is 3.72. The molecule has 0 nitrogen and oxygen atoms in total. The minimum atomic E-state index is -1.73. The van der Waals surface area contributed by atoms with E-state index in [4.69, 9.17) is 0 Å². The van der Waals surface area contributed by atoms with Crippen molar-refractivity contribution in [3.8, 4) is 0 Å². The summed E-state index contributed by atoms with van der Waals surface area (Å²) < 4.78 is 2.30. The quantitative estimate of drug-likeness (QED) is 0.221. The molecule has 6 heteroatoms. The molecule has 0 bridgehead atoms. The Morgan fingerprint density at radius 3 is 1.32 bits per heavy atom. The second kappa shape index (κ2) is 13.8. The molecular formula is C32H30Br2S2SiZr. The minimum absolute atomic E-state index is 0. The number of thioether (sulfide) groups is 2. The SMILES string of the molecule is CC1=C([Si](C)(C)C2=C(C)C=C3C(Br)=[C-]SC32)C2S[C-]=C(Br)C2=C1.[CH2-]c1ccccc1.[CH2-]c1ccccc1.[Zr+4]. The number of allylic oxidation sites excluding steroid dienone is 6. The van der Waals surface area contributed by atoms with E-state index in [0.29, 0.717) is 10.5 Å². The van der Waals surface area contributed by atoms with Crippen molar-refractivity contribution in [3.63, 3.8) is 0 Å². The number of hydrogen-bond acceptors (Lipinski definition) is 2. The van der Waals surface area contributed by atoms with Gasteiger partial charge in [-0.15, -0.1) is 45.4 Å². The van der Waals surface area contributed by atoms with Gasteiger partial charge in [0.15, 0.2) is 0 Å². The molecule has 6 rings (SSSR count). The van der Waals surface area contributed by atoms with Crippen LogP contribution in [0.3, 0.4) is 0 Å². The minimum Gasteiger partial charge on any atom is -0.251 e. The van der Waals surface area contributed by atoms with Gasteiger partial charge in [0, 0.05) is 0 Å². The van der Waals surface area contributed by atoms with E-state index in [9.17, 15) is 0 Å². The van der Waals surface area contributed by atoms with E-state index in [1.165, 1.54) is 22.3 Å². The summed E-state index contributed by atoms with van der Waals surface area (Å²) in [4.78, 5) is 0. The molecule has 2 heterocycles. The molecule has 0 aromatic heterocycles. The molecule has 2 aliphatic carbocycles. The molecule has 2 aromatic carbocycles. The number of hydrogen-bond donors (Lipinski definition) is 0. The van der Waals surface area contributed by atoms with E-state index in [1.807, 2.05) is 84.2 Å². The monoisotopic (exact) mass is 754 g/mol. The molecule has 0 N–H and O–H groups in total. The van der Waals surface area contributed by atoms with Gasteiger partial charge in [0.2, 0.25) is 0 Å². The van der Waals surface area contributed by atoms with E-state index in [2.05, 4.69) is 95.6 Å². The fraction of sp³-hybridized carbons (Fsp3) is 0.188. The fourth-order valence-electron chi connectivity index (χ4n) is 5.18. The molecular weight excluding hydrogens is 728 g/mol. The summed E-state index contributed by atoms with van der Waals surface area (Å²) in [7, 11) is -1.73. The van der Waals surface area contributed by atoms with E-state index < -0.39 is 8.07 Å². The zero-order chi connectivity index (χ0) is 26.7. The molecule has 4 aliphatic rings. The Bertz CT molecular complexity index is 1250. The van der Waals surface area contributed by atoms with Crippen molar-refractivity contribution in [1.82, 2.24) is 0 Å². The van der Waals surface area contributed by atoms with Crippen molar-refractivity contribution in [2.75, 3.05) is 0 Å². The molecule has 0 saturated heterocycles. The summed E-state index contributed by atoms with van der Waals surface area (Å²) in [5.74, 6) is 0. The molecule has 0 amide bonds. The first-order valence-electron chi connectivity index (χ1n) is 12.1. The van der Waals surface area contributed by atoms with E-state index in [-0.39, 0.29) is 26.2 Å². The van der Waals surface area contributed by atoms with Crippen LogP contribution in [-0.2, 0) is 26.2 Å². The summed E-state index contributed by atoms with van der Waals surface area (Å²) in [5, 5.41) is 11.1. The molecule has 2 aliphatic heterocycles. The van der Waals surface area contributed by atoms with Crippen LogP contribution in [-0.4, -0.2) is 18.6 Å². The molecule has 0 spiro atoms. The zero-order valence-corrected chi connectivity index (χ0v) is 30.3. The smallest absolute Gasteiger partial charge is 0.251 e. The van der Waals surface area contributed by atoms with Crippen LogP contribution in [0.2, 0.25) is 13.1 Å². The normalized spacial score (nSPS) is 21.1. The Morgan fingerprint density at radius 1 is 0.684 bits per heavy atom. The third-order valence-corrected chi connectivity index (χ3v) is 15.2. The van der Waals surface area contributed by atoms with E-state index in [1.54, 1.807) is 10.4 Å². The van der Waals surface area contributed by atoms with Crippen molar-refractivity contribution in [2.24, 2.45) is 0 Å². The molecule has 2 unspecified atom stereocenters. The number of fused-ring (bicyclic) bond motifs is 2.